The molecule has 0 aromatic heterocycles. The summed E-state index contributed by atoms with van der Waals surface area (Å²) in [5.41, 5.74) is -0.632. The van der Waals surface area contributed by atoms with E-state index in [1.807, 2.05) is 19.0 Å². The SMILES string of the molecule is CN(C)CCN(C)S(=O)(=O)c1ccc(O)c([N+](=O)[O-])c1. The van der Waals surface area contributed by atoms with Crippen LogP contribution in [0.15, 0.2) is 23.1 Å². The summed E-state index contributed by atoms with van der Waals surface area (Å²) < 4.78 is 25.6. The van der Waals surface area contributed by atoms with E-state index in [9.17, 15) is 23.6 Å². The van der Waals surface area contributed by atoms with Crippen molar-refractivity contribution in [1.82, 2.24) is 9.21 Å². The second-order valence-electron chi connectivity index (χ2n) is 4.54. The number of aromatic hydroxyl groups is 1. The molecular weight excluding hydrogens is 286 g/mol. The van der Waals surface area contributed by atoms with Crippen LogP contribution in [0.5, 0.6) is 5.75 Å². The fourth-order valence-corrected chi connectivity index (χ4v) is 2.63. The number of benzene rings is 1. The predicted octanol–water partition coefficient (Wildman–Crippen LogP) is 0.482. The number of nitro benzene ring substituents is 1. The summed E-state index contributed by atoms with van der Waals surface area (Å²) in [4.78, 5) is 11.5. The van der Waals surface area contributed by atoms with E-state index < -0.39 is 26.4 Å². The first kappa shape index (κ1) is 16.3. The lowest BCUT2D eigenvalue weighted by molar-refractivity contribution is -0.386. The van der Waals surface area contributed by atoms with Gasteiger partial charge in [-0.2, -0.15) is 4.31 Å². The summed E-state index contributed by atoms with van der Waals surface area (Å²) in [7, 11) is 1.21. The van der Waals surface area contributed by atoms with Crippen molar-refractivity contribution in [3.8, 4) is 5.75 Å². The van der Waals surface area contributed by atoms with Crippen LogP contribution in [0.25, 0.3) is 0 Å². The fraction of sp³-hybridized carbons (Fsp3) is 0.455. The van der Waals surface area contributed by atoms with Crippen LogP contribution in [0.3, 0.4) is 0 Å². The van der Waals surface area contributed by atoms with Gasteiger partial charge in [-0.15, -0.1) is 0 Å². The molecule has 1 N–H and O–H groups in total. The van der Waals surface area contributed by atoms with Gasteiger partial charge in [0.15, 0.2) is 5.75 Å². The first-order chi connectivity index (χ1) is 9.16. The lowest BCUT2D eigenvalue weighted by Gasteiger charge is -2.19. The number of rotatable bonds is 6. The van der Waals surface area contributed by atoms with Crippen molar-refractivity contribution in [2.45, 2.75) is 4.90 Å². The lowest BCUT2D eigenvalue weighted by atomic mass is 10.3. The Kier molecular flexibility index (Phi) is 5.03. The number of sulfonamides is 1. The Morgan fingerprint density at radius 2 is 1.85 bits per heavy atom. The lowest BCUT2D eigenvalue weighted by Crippen LogP contribution is -2.33. The highest BCUT2D eigenvalue weighted by atomic mass is 32.2. The van der Waals surface area contributed by atoms with Gasteiger partial charge >= 0.3 is 5.69 Å². The zero-order valence-electron chi connectivity index (χ0n) is 11.5. The molecule has 20 heavy (non-hydrogen) atoms. The minimum Gasteiger partial charge on any atom is -0.502 e. The molecule has 0 radical (unpaired) electrons. The number of hydrogen-bond acceptors (Lipinski definition) is 6. The van der Waals surface area contributed by atoms with Crippen LogP contribution >= 0.6 is 0 Å². The minimum atomic E-state index is -3.82. The van der Waals surface area contributed by atoms with Gasteiger partial charge < -0.3 is 10.0 Å². The van der Waals surface area contributed by atoms with Crippen molar-refractivity contribution in [2.75, 3.05) is 34.2 Å². The molecule has 1 aromatic rings. The highest BCUT2D eigenvalue weighted by Crippen LogP contribution is 2.29. The van der Waals surface area contributed by atoms with Crippen LogP contribution in [-0.4, -0.2) is 61.9 Å². The van der Waals surface area contributed by atoms with Crippen LogP contribution < -0.4 is 0 Å². The van der Waals surface area contributed by atoms with Gasteiger partial charge in [-0.05, 0) is 26.2 Å². The molecule has 0 bridgehead atoms. The van der Waals surface area contributed by atoms with Gasteiger partial charge in [0.25, 0.3) is 0 Å². The Morgan fingerprint density at radius 1 is 1.25 bits per heavy atom. The molecule has 1 rings (SSSR count). The second kappa shape index (κ2) is 6.16. The molecule has 0 unspecified atom stereocenters. The van der Waals surface area contributed by atoms with Crippen molar-refractivity contribution in [3.05, 3.63) is 28.3 Å². The van der Waals surface area contributed by atoms with Gasteiger partial charge in [-0.3, -0.25) is 10.1 Å². The van der Waals surface area contributed by atoms with Crippen molar-refractivity contribution in [3.63, 3.8) is 0 Å². The molecule has 9 heteroatoms. The molecule has 112 valence electrons. The topological polar surface area (TPSA) is 104 Å². The summed E-state index contributed by atoms with van der Waals surface area (Å²) >= 11 is 0. The molecule has 0 saturated carbocycles. The number of hydrogen-bond donors (Lipinski definition) is 1. The number of likely N-dealkylation sites (N-methyl/N-ethyl adjacent to an activating group) is 2. The van der Waals surface area contributed by atoms with Crippen LogP contribution in [0, 0.1) is 10.1 Å². The van der Waals surface area contributed by atoms with E-state index in [1.165, 1.54) is 7.05 Å². The third-order valence-electron chi connectivity index (χ3n) is 2.71. The van der Waals surface area contributed by atoms with E-state index in [0.717, 1.165) is 22.5 Å². The number of nitrogens with zero attached hydrogens (tertiary/aromatic N) is 3. The largest absolute Gasteiger partial charge is 0.502 e. The maximum Gasteiger partial charge on any atom is 0.312 e. The maximum atomic E-state index is 12.2. The van der Waals surface area contributed by atoms with Gasteiger partial charge in [-0.1, -0.05) is 0 Å². The van der Waals surface area contributed by atoms with Gasteiger partial charge in [0.1, 0.15) is 0 Å². The third kappa shape index (κ3) is 3.65. The Morgan fingerprint density at radius 3 is 2.35 bits per heavy atom. The predicted molar refractivity (Wildman–Crippen MR) is 73.1 cm³/mol. The van der Waals surface area contributed by atoms with Crippen LogP contribution in [0.4, 0.5) is 5.69 Å². The van der Waals surface area contributed by atoms with Crippen molar-refractivity contribution >= 4 is 15.7 Å². The summed E-state index contributed by atoms with van der Waals surface area (Å²) in [6, 6.07) is 3.01. The molecule has 0 saturated heterocycles. The first-order valence-electron chi connectivity index (χ1n) is 5.74. The van der Waals surface area contributed by atoms with Crippen LogP contribution in [0.1, 0.15) is 0 Å². The van der Waals surface area contributed by atoms with E-state index in [4.69, 9.17) is 0 Å². The highest BCUT2D eigenvalue weighted by Gasteiger charge is 2.24. The molecule has 0 amide bonds. The van der Waals surface area contributed by atoms with E-state index >= 15 is 0 Å². The average molecular weight is 303 g/mol. The maximum absolute atomic E-state index is 12.2. The van der Waals surface area contributed by atoms with Gasteiger partial charge in [0.2, 0.25) is 10.0 Å². The monoisotopic (exact) mass is 303 g/mol. The summed E-state index contributed by atoms with van der Waals surface area (Å²) in [5.74, 6) is -0.565. The van der Waals surface area contributed by atoms with E-state index in [-0.39, 0.29) is 11.4 Å². The molecule has 0 aliphatic heterocycles. The van der Waals surface area contributed by atoms with E-state index in [2.05, 4.69) is 0 Å². The summed E-state index contributed by atoms with van der Waals surface area (Å²) in [5, 5.41) is 20.0. The number of phenolic OH excluding ortho intramolecular Hbond substituents is 1. The quantitative estimate of drug-likeness (QED) is 0.605. The van der Waals surface area contributed by atoms with Crippen molar-refractivity contribution in [1.29, 1.82) is 0 Å². The molecule has 0 fully saturated rings. The Balaban J connectivity index is 3.09. The van der Waals surface area contributed by atoms with Crippen LogP contribution in [0.2, 0.25) is 0 Å². The van der Waals surface area contributed by atoms with Crippen molar-refractivity contribution in [2.24, 2.45) is 0 Å². The van der Waals surface area contributed by atoms with Crippen LogP contribution in [-0.2, 0) is 10.0 Å². The number of nitro groups is 1. The smallest absolute Gasteiger partial charge is 0.312 e. The van der Waals surface area contributed by atoms with E-state index in [0.29, 0.717) is 6.54 Å². The fourth-order valence-electron chi connectivity index (χ4n) is 1.45. The van der Waals surface area contributed by atoms with Gasteiger partial charge in [0, 0.05) is 26.2 Å². The van der Waals surface area contributed by atoms with Gasteiger partial charge in [-0.25, -0.2) is 8.42 Å². The zero-order chi connectivity index (χ0) is 15.5. The average Bonchev–Trinajstić information content (AvgIpc) is 2.35. The Labute approximate surface area is 117 Å². The molecule has 0 aliphatic carbocycles. The highest BCUT2D eigenvalue weighted by molar-refractivity contribution is 7.89. The summed E-state index contributed by atoms with van der Waals surface area (Å²) in [6.07, 6.45) is 0. The van der Waals surface area contributed by atoms with Crippen molar-refractivity contribution < 1.29 is 18.4 Å². The molecule has 0 heterocycles. The Bertz CT molecular complexity index is 600. The number of phenols is 1. The molecule has 0 aliphatic rings. The third-order valence-corrected chi connectivity index (χ3v) is 4.57. The molecule has 8 nitrogen and oxygen atoms in total. The summed E-state index contributed by atoms with van der Waals surface area (Å²) in [6.45, 7) is 0.778. The normalized spacial score (nSPS) is 12.1. The zero-order valence-corrected chi connectivity index (χ0v) is 12.3. The van der Waals surface area contributed by atoms with E-state index in [1.54, 1.807) is 0 Å². The van der Waals surface area contributed by atoms with Gasteiger partial charge in [0.05, 0.1) is 9.82 Å². The first-order valence-corrected chi connectivity index (χ1v) is 7.18. The molecule has 0 atom stereocenters. The second-order valence-corrected chi connectivity index (χ2v) is 6.58. The standard InChI is InChI=1S/C11H17N3O5S/c1-12(2)6-7-13(3)20(18,19)9-4-5-11(15)10(8-9)14(16)17/h4-5,8,15H,6-7H2,1-3H3. The molecule has 0 spiro atoms. The Hall–Kier alpha value is -1.71. The minimum absolute atomic E-state index is 0.219. The molecule has 1 aromatic carbocycles. The molecular formula is C11H17N3O5S.